The van der Waals surface area contributed by atoms with E-state index >= 15 is 0 Å². The highest BCUT2D eigenvalue weighted by molar-refractivity contribution is 7.97. The van der Waals surface area contributed by atoms with E-state index in [0.717, 1.165) is 47.1 Å². The third-order valence-electron chi connectivity index (χ3n) is 6.87. The van der Waals surface area contributed by atoms with E-state index in [1.165, 1.54) is 60.7 Å². The van der Waals surface area contributed by atoms with Gasteiger partial charge in [0.25, 0.3) is 0 Å². The van der Waals surface area contributed by atoms with E-state index in [1.807, 2.05) is 31.2 Å². The van der Waals surface area contributed by atoms with Gasteiger partial charge in [-0.05, 0) is 140 Å². The fourth-order valence-corrected chi connectivity index (χ4v) is 8.64. The number of alkyl halides is 3. The van der Waals surface area contributed by atoms with Crippen LogP contribution < -0.4 is 0 Å². The summed E-state index contributed by atoms with van der Waals surface area (Å²) in [4.78, 5) is 5.24. The van der Waals surface area contributed by atoms with Crippen molar-refractivity contribution in [2.24, 2.45) is 0 Å². The average molecular weight is 681 g/mol. The molecular weight excluding hydrogens is 654 g/mol. The van der Waals surface area contributed by atoms with Crippen LogP contribution in [0.1, 0.15) is 11.1 Å². The molecule has 9 heteroatoms. The van der Waals surface area contributed by atoms with E-state index in [-0.39, 0.29) is 23.3 Å². The summed E-state index contributed by atoms with van der Waals surface area (Å²) < 4.78 is 91.2. The smallest absolute Gasteiger partial charge is 0.207 e. The summed E-state index contributed by atoms with van der Waals surface area (Å²) >= 11 is 0. The van der Waals surface area contributed by atoms with E-state index in [2.05, 4.69) is 0 Å². The summed E-state index contributed by atoms with van der Waals surface area (Å²) in [6.07, 6.45) is -4.36. The molecule has 0 amide bonds. The maximum atomic E-state index is 13.3. The lowest BCUT2D eigenvalue weighted by molar-refractivity contribution is -0.137. The predicted molar refractivity (Wildman–Crippen MR) is 173 cm³/mol. The monoisotopic (exact) mass is 680 g/mol. The molecule has 0 aliphatic rings. The fourth-order valence-electron chi connectivity index (χ4n) is 4.55. The summed E-state index contributed by atoms with van der Waals surface area (Å²) in [5.74, 6) is -1.29. The highest BCUT2D eigenvalue weighted by Gasteiger charge is 2.33. The maximum Gasteiger partial charge on any atom is 0.416 e. The Morgan fingerprint density at radius 1 is 0.340 bits per heavy atom. The molecule has 0 aromatic heterocycles. The molecule has 0 aliphatic carbocycles. The molecule has 1 atom stereocenters. The van der Waals surface area contributed by atoms with Crippen molar-refractivity contribution >= 4 is 21.8 Å². The van der Waals surface area contributed by atoms with Gasteiger partial charge in [0.2, 0.25) is 0 Å². The van der Waals surface area contributed by atoms with Gasteiger partial charge in [-0.25, -0.2) is 17.6 Å². The lowest BCUT2D eigenvalue weighted by Crippen LogP contribution is -2.08. The second-order valence-corrected chi connectivity index (χ2v) is 14.3. The van der Waals surface area contributed by atoms with Gasteiger partial charge in [0.15, 0.2) is 29.4 Å². The zero-order valence-electron chi connectivity index (χ0n) is 24.8. The van der Waals surface area contributed by atoms with Gasteiger partial charge >= 0.3 is 6.18 Å². The van der Waals surface area contributed by atoms with E-state index in [0.29, 0.717) is 0 Å². The molecule has 0 fully saturated rings. The molecule has 238 valence electrons. The number of hydrogen-bond acceptors (Lipinski definition) is 0. The van der Waals surface area contributed by atoms with Gasteiger partial charge in [-0.15, -0.1) is 0 Å². The van der Waals surface area contributed by atoms with Crippen LogP contribution in [0, 0.1) is 30.2 Å². The third kappa shape index (κ3) is 8.87. The van der Waals surface area contributed by atoms with E-state index in [9.17, 15) is 30.7 Å². The van der Waals surface area contributed by atoms with Crippen LogP contribution in [0.15, 0.2) is 175 Å². The van der Waals surface area contributed by atoms with Gasteiger partial charge in [0.05, 0.1) is 27.4 Å². The van der Waals surface area contributed by atoms with Crippen molar-refractivity contribution in [3.63, 3.8) is 0 Å². The van der Waals surface area contributed by atoms with Crippen molar-refractivity contribution in [2.75, 3.05) is 0 Å². The van der Waals surface area contributed by atoms with Gasteiger partial charge in [-0.2, -0.15) is 13.2 Å². The normalized spacial score (nSPS) is 11.9. The number of benzene rings is 6. The molecule has 6 rings (SSSR count). The Hall–Kier alpha value is -4.47. The standard InChI is InChI=1S/C20H15F4S.C18H12F3S/c1-14-2-8-17(9-3-14)25(19-12-6-16(21)7-13-19)18-10-4-15(5-11-18)20(22,23)24;19-13-1-7-16(8-2-13)22(17-9-3-14(20)4-10-17)18-11-5-15(21)6-12-18/h2-13H,1H3;1-12H/q2*+1. The summed E-state index contributed by atoms with van der Waals surface area (Å²) in [6, 6.07) is 37.6. The summed E-state index contributed by atoms with van der Waals surface area (Å²) in [5, 5.41) is 0. The molecule has 0 N–H and O–H groups in total. The Morgan fingerprint density at radius 2 is 0.553 bits per heavy atom. The lowest BCUT2D eigenvalue weighted by atomic mass is 10.2. The summed E-state index contributed by atoms with van der Waals surface area (Å²) in [5.41, 5.74) is 0.418. The molecule has 0 saturated carbocycles. The van der Waals surface area contributed by atoms with Crippen LogP contribution in [-0.2, 0) is 28.0 Å². The lowest BCUT2D eigenvalue weighted by Gasteiger charge is -2.10. The predicted octanol–water partition coefficient (Wildman–Crippen LogP) is 11.4. The van der Waals surface area contributed by atoms with Gasteiger partial charge in [0.1, 0.15) is 23.3 Å². The molecule has 0 nitrogen and oxygen atoms in total. The van der Waals surface area contributed by atoms with Gasteiger partial charge < -0.3 is 0 Å². The van der Waals surface area contributed by atoms with Crippen LogP contribution in [0.2, 0.25) is 0 Å². The quantitative estimate of drug-likeness (QED) is 0.121. The van der Waals surface area contributed by atoms with Crippen molar-refractivity contribution in [2.45, 2.75) is 42.5 Å². The highest BCUT2D eigenvalue weighted by atomic mass is 32.2. The Morgan fingerprint density at radius 3 is 0.787 bits per heavy atom. The molecule has 6 aromatic rings. The minimum atomic E-state index is -4.36. The van der Waals surface area contributed by atoms with E-state index < -0.39 is 33.5 Å². The van der Waals surface area contributed by atoms with Crippen LogP contribution in [0.4, 0.5) is 30.7 Å². The zero-order valence-corrected chi connectivity index (χ0v) is 26.5. The summed E-state index contributed by atoms with van der Waals surface area (Å²) in [6.45, 7) is 1.97. The molecule has 0 aliphatic heterocycles. The highest BCUT2D eigenvalue weighted by Crippen LogP contribution is 2.35. The largest absolute Gasteiger partial charge is 0.416 e. The van der Waals surface area contributed by atoms with Crippen LogP contribution in [-0.4, -0.2) is 0 Å². The Labute approximate surface area is 274 Å². The number of aryl methyl sites for hydroxylation is 1. The molecule has 0 heterocycles. The Kier molecular flexibility index (Phi) is 10.8. The first-order valence-corrected chi connectivity index (χ1v) is 16.7. The molecule has 6 aromatic carbocycles. The molecular formula is C38H27F7S2+2. The average Bonchev–Trinajstić information content (AvgIpc) is 3.06. The molecule has 0 spiro atoms. The fraction of sp³-hybridized carbons (Fsp3) is 0.0526. The van der Waals surface area contributed by atoms with Gasteiger partial charge in [-0.1, -0.05) is 17.7 Å². The summed E-state index contributed by atoms with van der Waals surface area (Å²) in [7, 11) is -1.14. The van der Waals surface area contributed by atoms with Crippen molar-refractivity contribution in [3.05, 3.63) is 180 Å². The molecule has 1 unspecified atom stereocenters. The molecule has 0 radical (unpaired) electrons. The number of halogens is 7. The third-order valence-corrected chi connectivity index (χ3v) is 11.3. The van der Waals surface area contributed by atoms with Crippen molar-refractivity contribution in [3.8, 4) is 0 Å². The minimum Gasteiger partial charge on any atom is -0.207 e. The van der Waals surface area contributed by atoms with Crippen molar-refractivity contribution in [1.82, 2.24) is 0 Å². The van der Waals surface area contributed by atoms with Crippen LogP contribution in [0.5, 0.6) is 0 Å². The number of rotatable bonds is 6. The Bertz CT molecular complexity index is 1720. The van der Waals surface area contributed by atoms with Crippen LogP contribution in [0.25, 0.3) is 0 Å². The first kappa shape index (κ1) is 33.9. The second-order valence-electron chi connectivity index (χ2n) is 10.3. The van der Waals surface area contributed by atoms with Crippen LogP contribution in [0.3, 0.4) is 0 Å². The number of hydrogen-bond donors (Lipinski definition) is 0. The van der Waals surface area contributed by atoms with Crippen molar-refractivity contribution in [1.29, 1.82) is 0 Å². The SMILES string of the molecule is Cc1ccc([S+](c2ccc(F)cc2)c2ccc(C(F)(F)F)cc2)cc1.Fc1ccc([S+](c2ccc(F)cc2)c2ccc(F)cc2)cc1. The van der Waals surface area contributed by atoms with E-state index in [1.54, 1.807) is 48.5 Å². The topological polar surface area (TPSA) is 0 Å². The van der Waals surface area contributed by atoms with Crippen LogP contribution >= 0.6 is 0 Å². The van der Waals surface area contributed by atoms with Gasteiger partial charge in [-0.3, -0.25) is 0 Å². The maximum absolute atomic E-state index is 13.3. The second kappa shape index (κ2) is 15.0. The van der Waals surface area contributed by atoms with E-state index in [4.69, 9.17) is 0 Å². The zero-order chi connectivity index (χ0) is 33.6. The first-order chi connectivity index (χ1) is 22.5. The van der Waals surface area contributed by atoms with Gasteiger partial charge in [0, 0.05) is 0 Å². The molecule has 0 saturated heterocycles. The molecule has 47 heavy (non-hydrogen) atoms. The first-order valence-electron chi connectivity index (χ1n) is 14.2. The van der Waals surface area contributed by atoms with Crippen molar-refractivity contribution < 1.29 is 30.7 Å². The minimum absolute atomic E-state index is 0.314. The Balaban J connectivity index is 0.000000186. The molecule has 0 bridgehead atoms.